The zero-order valence-corrected chi connectivity index (χ0v) is 13.9. The average Bonchev–Trinajstić information content (AvgIpc) is 3.16. The van der Waals surface area contributed by atoms with E-state index in [2.05, 4.69) is 10.2 Å². The van der Waals surface area contributed by atoms with E-state index in [0.717, 1.165) is 30.9 Å². The minimum absolute atomic E-state index is 0.0838. The van der Waals surface area contributed by atoms with Crippen LogP contribution in [0.3, 0.4) is 0 Å². The molecule has 1 amide bonds. The molecule has 1 fully saturated rings. The average molecular weight is 335 g/mol. The highest BCUT2D eigenvalue weighted by Gasteiger charge is 2.27. The molecule has 5 nitrogen and oxygen atoms in total. The van der Waals surface area contributed by atoms with Gasteiger partial charge in [0.2, 0.25) is 0 Å². The van der Waals surface area contributed by atoms with Gasteiger partial charge in [-0.1, -0.05) is 11.6 Å². The van der Waals surface area contributed by atoms with E-state index in [-0.39, 0.29) is 11.9 Å². The Bertz CT molecular complexity index is 714. The molecular weight excluding hydrogens is 316 g/mol. The van der Waals surface area contributed by atoms with Gasteiger partial charge in [-0.3, -0.25) is 4.79 Å². The van der Waals surface area contributed by atoms with E-state index in [4.69, 9.17) is 20.8 Å². The fraction of sp³-hybridized carbons (Fsp3) is 0.353. The number of carbonyl (C=O) groups excluding carboxylic acids is 1. The summed E-state index contributed by atoms with van der Waals surface area (Å²) in [6.45, 7) is 3.35. The molecule has 1 aromatic carbocycles. The molecule has 6 heteroatoms. The Kier molecular flexibility index (Phi) is 4.48. The Morgan fingerprint density at radius 2 is 2.26 bits per heavy atom. The Hall–Kier alpha value is -2.14. The van der Waals surface area contributed by atoms with Crippen LogP contribution in [0.15, 0.2) is 34.9 Å². The molecule has 1 atom stereocenters. The van der Waals surface area contributed by atoms with Crippen molar-refractivity contribution < 1.29 is 13.9 Å². The highest BCUT2D eigenvalue weighted by molar-refractivity contribution is 6.30. The van der Waals surface area contributed by atoms with Gasteiger partial charge in [0.05, 0.1) is 24.6 Å². The highest BCUT2D eigenvalue weighted by Crippen LogP contribution is 2.33. The zero-order chi connectivity index (χ0) is 16.4. The summed E-state index contributed by atoms with van der Waals surface area (Å²) in [6.07, 6.45) is 2.40. The molecule has 1 aliphatic heterocycles. The fourth-order valence-corrected chi connectivity index (χ4v) is 3.06. The third-order valence-corrected chi connectivity index (χ3v) is 4.34. The first-order chi connectivity index (χ1) is 11.1. The summed E-state index contributed by atoms with van der Waals surface area (Å²) in [6, 6.07) is 7.34. The number of aryl methyl sites for hydroxylation is 1. The molecule has 3 rings (SSSR count). The lowest BCUT2D eigenvalue weighted by atomic mass is 10.2. The molecule has 122 valence electrons. The third-order valence-electron chi connectivity index (χ3n) is 4.11. The van der Waals surface area contributed by atoms with Gasteiger partial charge in [0.15, 0.2) is 0 Å². The monoisotopic (exact) mass is 334 g/mol. The summed E-state index contributed by atoms with van der Waals surface area (Å²) in [5, 5.41) is 3.73. The molecule has 1 aromatic heterocycles. The number of furan rings is 1. The van der Waals surface area contributed by atoms with Crippen molar-refractivity contribution in [2.75, 3.05) is 25.1 Å². The van der Waals surface area contributed by atoms with Crippen LogP contribution in [0, 0.1) is 6.92 Å². The summed E-state index contributed by atoms with van der Waals surface area (Å²) in [5.41, 5.74) is 1.54. The Balaban J connectivity index is 1.68. The molecule has 1 N–H and O–H groups in total. The largest absolute Gasteiger partial charge is 0.495 e. The minimum Gasteiger partial charge on any atom is -0.495 e. The maximum Gasteiger partial charge on any atom is 0.255 e. The van der Waals surface area contributed by atoms with Crippen molar-refractivity contribution in [1.82, 2.24) is 5.32 Å². The highest BCUT2D eigenvalue weighted by atomic mass is 35.5. The maximum atomic E-state index is 12.3. The van der Waals surface area contributed by atoms with Crippen molar-refractivity contribution in [1.29, 1.82) is 0 Å². The number of hydrogen-bond acceptors (Lipinski definition) is 4. The predicted octanol–water partition coefficient (Wildman–Crippen LogP) is 3.26. The molecule has 0 radical (unpaired) electrons. The van der Waals surface area contributed by atoms with Crippen molar-refractivity contribution >= 4 is 23.2 Å². The van der Waals surface area contributed by atoms with E-state index in [1.807, 2.05) is 12.1 Å². The normalized spacial score (nSPS) is 17.3. The van der Waals surface area contributed by atoms with Crippen molar-refractivity contribution in [2.24, 2.45) is 0 Å². The number of nitrogens with one attached hydrogen (secondary N) is 1. The van der Waals surface area contributed by atoms with Gasteiger partial charge in [0, 0.05) is 24.2 Å². The van der Waals surface area contributed by atoms with Crippen molar-refractivity contribution in [3.05, 3.63) is 46.9 Å². The summed E-state index contributed by atoms with van der Waals surface area (Å²) in [7, 11) is 1.64. The molecule has 0 saturated carbocycles. The van der Waals surface area contributed by atoms with Gasteiger partial charge in [-0.25, -0.2) is 0 Å². The zero-order valence-electron chi connectivity index (χ0n) is 13.1. The number of anilines is 1. The number of methoxy groups -OCH3 is 1. The van der Waals surface area contributed by atoms with Gasteiger partial charge < -0.3 is 19.4 Å². The third kappa shape index (κ3) is 3.29. The number of nitrogens with zero attached hydrogens (tertiary/aromatic N) is 1. The molecular formula is C17H19ClN2O3. The van der Waals surface area contributed by atoms with Gasteiger partial charge in [-0.05, 0) is 37.6 Å². The van der Waals surface area contributed by atoms with Crippen molar-refractivity contribution in [2.45, 2.75) is 19.4 Å². The van der Waals surface area contributed by atoms with Gasteiger partial charge in [0.1, 0.15) is 11.5 Å². The first-order valence-electron chi connectivity index (χ1n) is 7.52. The van der Waals surface area contributed by atoms with Crippen molar-refractivity contribution in [3.8, 4) is 5.75 Å². The van der Waals surface area contributed by atoms with Crippen LogP contribution in [0.4, 0.5) is 5.69 Å². The van der Waals surface area contributed by atoms with Crippen LogP contribution < -0.4 is 15.0 Å². The smallest absolute Gasteiger partial charge is 0.255 e. The lowest BCUT2D eigenvalue weighted by Crippen LogP contribution is -2.37. The topological polar surface area (TPSA) is 54.7 Å². The number of hydrogen-bond donors (Lipinski definition) is 1. The van der Waals surface area contributed by atoms with E-state index >= 15 is 0 Å². The lowest BCUT2D eigenvalue weighted by Gasteiger charge is -2.21. The quantitative estimate of drug-likeness (QED) is 0.932. The maximum absolute atomic E-state index is 12.3. The van der Waals surface area contributed by atoms with Gasteiger partial charge in [0.25, 0.3) is 5.91 Å². The fourth-order valence-electron chi connectivity index (χ4n) is 2.89. The molecule has 1 unspecified atom stereocenters. The first-order valence-corrected chi connectivity index (χ1v) is 7.89. The molecule has 1 aliphatic rings. The van der Waals surface area contributed by atoms with Gasteiger partial charge >= 0.3 is 0 Å². The second-order valence-electron chi connectivity index (χ2n) is 5.61. The number of rotatable bonds is 4. The van der Waals surface area contributed by atoms with Crippen LogP contribution in [-0.2, 0) is 0 Å². The minimum atomic E-state index is -0.0961. The Morgan fingerprint density at radius 3 is 2.96 bits per heavy atom. The van der Waals surface area contributed by atoms with E-state index in [9.17, 15) is 4.79 Å². The van der Waals surface area contributed by atoms with Crippen LogP contribution in [0.25, 0.3) is 0 Å². The number of benzene rings is 1. The summed E-state index contributed by atoms with van der Waals surface area (Å²) in [5.74, 6) is 1.32. The SMILES string of the molecule is COc1ccc(Cl)cc1N1CCC(NC(=O)c2ccoc2C)C1. The van der Waals surface area contributed by atoms with Gasteiger partial charge in [-0.2, -0.15) is 0 Å². The van der Waals surface area contributed by atoms with E-state index in [0.29, 0.717) is 16.3 Å². The standard InChI is InChI=1S/C17H19ClN2O3/c1-11-14(6-8-23-11)17(21)19-13-5-7-20(10-13)15-9-12(18)3-4-16(15)22-2/h3-4,6,8-9,13H,5,7,10H2,1-2H3,(H,19,21). The van der Waals surface area contributed by atoms with E-state index in [1.54, 1.807) is 26.2 Å². The number of amides is 1. The molecule has 0 spiro atoms. The van der Waals surface area contributed by atoms with Crippen LogP contribution in [0.1, 0.15) is 22.5 Å². The molecule has 0 bridgehead atoms. The second-order valence-corrected chi connectivity index (χ2v) is 6.05. The summed E-state index contributed by atoms with van der Waals surface area (Å²) in [4.78, 5) is 14.4. The molecule has 0 aliphatic carbocycles. The van der Waals surface area contributed by atoms with Crippen LogP contribution in [0.5, 0.6) is 5.75 Å². The van der Waals surface area contributed by atoms with E-state index in [1.165, 1.54) is 6.26 Å². The van der Waals surface area contributed by atoms with Crippen LogP contribution in [0.2, 0.25) is 5.02 Å². The van der Waals surface area contributed by atoms with E-state index < -0.39 is 0 Å². The molecule has 2 aromatic rings. The Labute approximate surface area is 140 Å². The Morgan fingerprint density at radius 1 is 1.43 bits per heavy atom. The van der Waals surface area contributed by atoms with Gasteiger partial charge in [-0.15, -0.1) is 0 Å². The molecule has 23 heavy (non-hydrogen) atoms. The summed E-state index contributed by atoms with van der Waals surface area (Å²) < 4.78 is 10.6. The lowest BCUT2D eigenvalue weighted by molar-refractivity contribution is 0.0939. The number of halogens is 1. The summed E-state index contributed by atoms with van der Waals surface area (Å²) >= 11 is 6.10. The van der Waals surface area contributed by atoms with Crippen LogP contribution >= 0.6 is 11.6 Å². The molecule has 1 saturated heterocycles. The second kappa shape index (κ2) is 6.54. The predicted molar refractivity (Wildman–Crippen MR) is 89.5 cm³/mol. The molecule has 2 heterocycles. The van der Waals surface area contributed by atoms with Crippen LogP contribution in [-0.4, -0.2) is 32.1 Å². The number of ether oxygens (including phenoxy) is 1. The van der Waals surface area contributed by atoms with Crippen molar-refractivity contribution in [3.63, 3.8) is 0 Å². The first kappa shape index (κ1) is 15.7. The number of carbonyl (C=O) groups is 1.